The lowest BCUT2D eigenvalue weighted by atomic mass is 9.63. The number of rotatable bonds is 11. The Morgan fingerprint density at radius 3 is 2.38 bits per heavy atom. The van der Waals surface area contributed by atoms with Crippen molar-refractivity contribution in [3.05, 3.63) is 88.5 Å². The van der Waals surface area contributed by atoms with Gasteiger partial charge in [0.2, 0.25) is 0 Å². The Balaban J connectivity index is 1.19. The average molecular weight is 636 g/mol. The van der Waals surface area contributed by atoms with Crippen LogP contribution in [0.3, 0.4) is 0 Å². The number of hydrogen-bond acceptors (Lipinski definition) is 9. The summed E-state index contributed by atoms with van der Waals surface area (Å²) in [4.78, 5) is 8.99. The quantitative estimate of drug-likeness (QED) is 0.0779. The molecule has 2 aliphatic rings. The van der Waals surface area contributed by atoms with Crippen LogP contribution in [0.2, 0.25) is 0 Å². The first-order valence-electron chi connectivity index (χ1n) is 16.1. The monoisotopic (exact) mass is 635 g/mol. The number of aryl methyl sites for hydroxylation is 1. The van der Waals surface area contributed by atoms with E-state index in [1.165, 1.54) is 18.2 Å². The van der Waals surface area contributed by atoms with Gasteiger partial charge in [0.1, 0.15) is 12.4 Å². The summed E-state index contributed by atoms with van der Waals surface area (Å²) in [7, 11) is 0. The summed E-state index contributed by atoms with van der Waals surface area (Å²) >= 11 is 0. The van der Waals surface area contributed by atoms with E-state index in [1.54, 1.807) is 30.4 Å². The molecule has 244 valence electrons. The Bertz CT molecular complexity index is 1850. The molecule has 1 heterocycles. The maximum atomic E-state index is 11.1. The third-order valence-electron chi connectivity index (χ3n) is 9.78. The molecule has 4 aromatic rings. The van der Waals surface area contributed by atoms with E-state index < -0.39 is 0 Å². The normalized spacial score (nSPS) is 19.5. The predicted octanol–water partition coefficient (Wildman–Crippen LogP) is 6.06. The van der Waals surface area contributed by atoms with Crippen molar-refractivity contribution in [2.24, 2.45) is 21.3 Å². The Hall–Kier alpha value is -4.86. The SMILES string of the molecule is OC[C@H]1CCCC[C@]1(CNCc1ccc(CCc2c(O)c(O)c3c(O)cccc3c2/C=C/c2ccc(O)c(O)c2)cc1)C1=NCN=C1. The summed E-state index contributed by atoms with van der Waals surface area (Å²) in [6.07, 6.45) is 10.6. The molecule has 0 bridgehead atoms. The summed E-state index contributed by atoms with van der Waals surface area (Å²) in [5.74, 6) is -1.11. The van der Waals surface area contributed by atoms with E-state index in [9.17, 15) is 30.6 Å². The van der Waals surface area contributed by atoms with Gasteiger partial charge >= 0.3 is 0 Å². The van der Waals surface area contributed by atoms with Crippen LogP contribution in [0.5, 0.6) is 28.7 Å². The predicted molar refractivity (Wildman–Crippen MR) is 185 cm³/mol. The van der Waals surface area contributed by atoms with Crippen LogP contribution in [0.25, 0.3) is 22.9 Å². The molecule has 1 aliphatic heterocycles. The number of nitrogens with zero attached hydrogens (tertiary/aromatic N) is 2. The zero-order chi connectivity index (χ0) is 33.0. The second-order valence-corrected chi connectivity index (χ2v) is 12.6. The summed E-state index contributed by atoms with van der Waals surface area (Å²) in [5.41, 5.74) is 4.78. The van der Waals surface area contributed by atoms with E-state index >= 15 is 0 Å². The molecule has 0 amide bonds. The fraction of sp³-hybridized carbons (Fsp3) is 0.316. The molecule has 4 aromatic carbocycles. The topological polar surface area (TPSA) is 158 Å². The molecule has 6 rings (SSSR count). The van der Waals surface area contributed by atoms with E-state index in [0.29, 0.717) is 48.1 Å². The lowest BCUT2D eigenvalue weighted by Gasteiger charge is -2.43. The number of aliphatic imine (C=N–C) groups is 2. The highest BCUT2D eigenvalue weighted by atomic mass is 16.3. The number of fused-ring (bicyclic) bond motifs is 1. The summed E-state index contributed by atoms with van der Waals surface area (Å²) in [5, 5.41) is 66.7. The molecule has 0 radical (unpaired) electrons. The van der Waals surface area contributed by atoms with Crippen LogP contribution in [0, 0.1) is 11.3 Å². The van der Waals surface area contributed by atoms with Gasteiger partial charge in [-0.2, -0.15) is 0 Å². The van der Waals surface area contributed by atoms with Gasteiger partial charge in [-0.3, -0.25) is 9.98 Å². The van der Waals surface area contributed by atoms with Crippen LogP contribution in [0.1, 0.15) is 53.5 Å². The van der Waals surface area contributed by atoms with Gasteiger partial charge in [-0.1, -0.05) is 67.5 Å². The molecule has 1 saturated carbocycles. The summed E-state index contributed by atoms with van der Waals surface area (Å²) in [6.45, 7) is 2.02. The number of benzene rings is 4. The van der Waals surface area contributed by atoms with Crippen LogP contribution in [0.4, 0.5) is 0 Å². The first-order valence-corrected chi connectivity index (χ1v) is 16.1. The number of aliphatic hydroxyl groups is 1. The third kappa shape index (κ3) is 6.54. The Labute approximate surface area is 273 Å². The van der Waals surface area contributed by atoms with Crippen molar-refractivity contribution in [1.29, 1.82) is 0 Å². The summed E-state index contributed by atoms with van der Waals surface area (Å²) < 4.78 is 0. The molecule has 0 saturated heterocycles. The maximum absolute atomic E-state index is 11.1. The summed E-state index contributed by atoms with van der Waals surface area (Å²) in [6, 6.07) is 17.7. The van der Waals surface area contributed by atoms with Gasteiger partial charge in [-0.15, -0.1) is 0 Å². The molecule has 9 heteroatoms. The van der Waals surface area contributed by atoms with Crippen molar-refractivity contribution in [2.75, 3.05) is 19.8 Å². The average Bonchev–Trinajstić information content (AvgIpc) is 3.63. The highest BCUT2D eigenvalue weighted by Gasteiger charge is 2.44. The van der Waals surface area contributed by atoms with E-state index in [1.807, 2.05) is 6.21 Å². The largest absolute Gasteiger partial charge is 0.507 e. The molecule has 1 fully saturated rings. The minimum Gasteiger partial charge on any atom is -0.507 e. The van der Waals surface area contributed by atoms with Crippen LogP contribution in [-0.4, -0.2) is 62.4 Å². The van der Waals surface area contributed by atoms with E-state index in [2.05, 4.69) is 39.6 Å². The van der Waals surface area contributed by atoms with Crippen molar-refractivity contribution in [3.63, 3.8) is 0 Å². The highest BCUT2D eigenvalue weighted by Crippen LogP contribution is 2.45. The van der Waals surface area contributed by atoms with Crippen LogP contribution in [-0.2, 0) is 19.4 Å². The zero-order valence-electron chi connectivity index (χ0n) is 26.2. The zero-order valence-corrected chi connectivity index (χ0v) is 26.2. The van der Waals surface area contributed by atoms with Crippen molar-refractivity contribution in [3.8, 4) is 28.7 Å². The first kappa shape index (κ1) is 32.1. The molecule has 0 aromatic heterocycles. The number of nitrogens with one attached hydrogen (secondary N) is 1. The molecule has 47 heavy (non-hydrogen) atoms. The number of phenolic OH excluding ortho intramolecular Hbond substituents is 5. The van der Waals surface area contributed by atoms with E-state index in [4.69, 9.17) is 0 Å². The van der Waals surface area contributed by atoms with E-state index in [0.717, 1.165) is 49.1 Å². The molecule has 7 N–H and O–H groups in total. The minimum absolute atomic E-state index is 0.145. The van der Waals surface area contributed by atoms with Crippen molar-refractivity contribution in [1.82, 2.24) is 5.32 Å². The van der Waals surface area contributed by atoms with Crippen molar-refractivity contribution >= 4 is 34.9 Å². The number of aromatic hydroxyl groups is 5. The Morgan fingerprint density at radius 1 is 0.830 bits per heavy atom. The van der Waals surface area contributed by atoms with Crippen LogP contribution < -0.4 is 5.32 Å². The maximum Gasteiger partial charge on any atom is 0.169 e. The fourth-order valence-electron chi connectivity index (χ4n) is 7.16. The van der Waals surface area contributed by atoms with Gasteiger partial charge in [0.25, 0.3) is 0 Å². The van der Waals surface area contributed by atoms with Gasteiger partial charge < -0.3 is 36.0 Å². The number of hydrogen-bond donors (Lipinski definition) is 7. The van der Waals surface area contributed by atoms with Crippen LogP contribution >= 0.6 is 0 Å². The number of phenols is 5. The van der Waals surface area contributed by atoms with Crippen molar-refractivity contribution in [2.45, 2.75) is 45.1 Å². The lowest BCUT2D eigenvalue weighted by Crippen LogP contribution is -2.49. The van der Waals surface area contributed by atoms with Gasteiger partial charge in [0, 0.05) is 36.9 Å². The molecular formula is C38H41N3O6. The highest BCUT2D eigenvalue weighted by molar-refractivity contribution is 6.34. The van der Waals surface area contributed by atoms with Gasteiger partial charge in [0.05, 0.1) is 11.1 Å². The minimum atomic E-state index is -0.372. The Kier molecular flexibility index (Phi) is 9.47. The molecule has 2 atom stereocenters. The fourth-order valence-corrected chi connectivity index (χ4v) is 7.16. The Morgan fingerprint density at radius 2 is 1.64 bits per heavy atom. The molecule has 1 aliphatic carbocycles. The molecule has 0 spiro atoms. The van der Waals surface area contributed by atoms with Crippen molar-refractivity contribution < 1.29 is 30.6 Å². The second-order valence-electron chi connectivity index (χ2n) is 12.6. The van der Waals surface area contributed by atoms with E-state index in [-0.39, 0.29) is 52.1 Å². The number of aliphatic hydroxyl groups excluding tert-OH is 1. The lowest BCUT2D eigenvalue weighted by molar-refractivity contribution is 0.0966. The van der Waals surface area contributed by atoms with Gasteiger partial charge in [0.15, 0.2) is 23.0 Å². The third-order valence-corrected chi connectivity index (χ3v) is 9.78. The second kappa shape index (κ2) is 13.9. The van der Waals surface area contributed by atoms with Crippen LogP contribution in [0.15, 0.2) is 70.6 Å². The van der Waals surface area contributed by atoms with Gasteiger partial charge in [-0.05, 0) is 77.4 Å². The first-order chi connectivity index (χ1) is 22.8. The molecule has 0 unspecified atom stereocenters. The smallest absolute Gasteiger partial charge is 0.169 e. The molecule has 9 nitrogen and oxygen atoms in total. The standard InChI is InChI=1S/C38H41N3O6/c42-21-27-4-1-2-17-38(27,34-20-40-23-41-34)22-39-19-26-9-7-24(8-10-26)11-15-30-28(14-12-25-13-16-31(43)33(45)18-25)29-5-3-6-32(44)35(29)37(47)36(30)46/h3,5-10,12-14,16,18,20,27,39,42-47H,1-2,4,11,15,17,19,21-23H2/b14-12+/t27-,38-/m1/s1. The van der Waals surface area contributed by atoms with Gasteiger partial charge in [-0.25, -0.2) is 0 Å². The molecular weight excluding hydrogens is 594 g/mol.